The van der Waals surface area contributed by atoms with E-state index in [1.54, 1.807) is 12.1 Å². The van der Waals surface area contributed by atoms with E-state index in [0.29, 0.717) is 6.04 Å². The molecule has 1 atom stereocenters. The quantitative estimate of drug-likeness (QED) is 0.800. The summed E-state index contributed by atoms with van der Waals surface area (Å²) < 4.78 is 13.0. The SMILES string of the molecule is CCCNC(C)/C(C)=C/c1cccc(F)c1. The first-order chi connectivity index (χ1) is 7.63. The third-order valence-electron chi connectivity index (χ3n) is 2.63. The lowest BCUT2D eigenvalue weighted by Gasteiger charge is -2.13. The lowest BCUT2D eigenvalue weighted by atomic mass is 10.1. The first kappa shape index (κ1) is 12.9. The first-order valence-corrected chi connectivity index (χ1v) is 5.80. The second-order valence-corrected chi connectivity index (χ2v) is 4.12. The molecule has 1 aromatic carbocycles. The van der Waals surface area contributed by atoms with Gasteiger partial charge >= 0.3 is 0 Å². The van der Waals surface area contributed by atoms with E-state index < -0.39 is 0 Å². The Balaban J connectivity index is 2.68. The van der Waals surface area contributed by atoms with E-state index in [4.69, 9.17) is 0 Å². The average Bonchev–Trinajstić information content (AvgIpc) is 2.25. The molecule has 0 aliphatic heterocycles. The highest BCUT2D eigenvalue weighted by Gasteiger charge is 2.02. The van der Waals surface area contributed by atoms with E-state index in [0.717, 1.165) is 18.5 Å². The van der Waals surface area contributed by atoms with E-state index in [9.17, 15) is 4.39 Å². The van der Waals surface area contributed by atoms with Gasteiger partial charge in [0.25, 0.3) is 0 Å². The van der Waals surface area contributed by atoms with Crippen molar-refractivity contribution in [3.8, 4) is 0 Å². The van der Waals surface area contributed by atoms with Gasteiger partial charge in [0.15, 0.2) is 0 Å². The smallest absolute Gasteiger partial charge is 0.123 e. The van der Waals surface area contributed by atoms with Crippen LogP contribution in [0.2, 0.25) is 0 Å². The van der Waals surface area contributed by atoms with Crippen LogP contribution in [-0.2, 0) is 0 Å². The zero-order chi connectivity index (χ0) is 12.0. The molecule has 0 aromatic heterocycles. The molecular weight excluding hydrogens is 201 g/mol. The Morgan fingerprint density at radius 3 is 2.88 bits per heavy atom. The van der Waals surface area contributed by atoms with Crippen LogP contribution in [-0.4, -0.2) is 12.6 Å². The lowest BCUT2D eigenvalue weighted by molar-refractivity contribution is 0.604. The Morgan fingerprint density at radius 1 is 1.50 bits per heavy atom. The van der Waals surface area contributed by atoms with Crippen LogP contribution in [0.15, 0.2) is 29.8 Å². The number of halogens is 1. The van der Waals surface area contributed by atoms with Crippen molar-refractivity contribution in [2.45, 2.75) is 33.2 Å². The van der Waals surface area contributed by atoms with Gasteiger partial charge in [0.05, 0.1) is 0 Å². The van der Waals surface area contributed by atoms with Crippen molar-refractivity contribution in [3.63, 3.8) is 0 Å². The van der Waals surface area contributed by atoms with Gasteiger partial charge < -0.3 is 5.32 Å². The van der Waals surface area contributed by atoms with Crippen LogP contribution in [0, 0.1) is 5.82 Å². The van der Waals surface area contributed by atoms with Crippen LogP contribution >= 0.6 is 0 Å². The van der Waals surface area contributed by atoms with Crippen molar-refractivity contribution >= 4 is 6.08 Å². The van der Waals surface area contributed by atoms with Crippen molar-refractivity contribution in [2.75, 3.05) is 6.54 Å². The molecule has 0 saturated heterocycles. The molecule has 1 nitrogen and oxygen atoms in total. The molecule has 1 N–H and O–H groups in total. The summed E-state index contributed by atoms with van der Waals surface area (Å²) in [7, 11) is 0. The number of nitrogens with one attached hydrogen (secondary N) is 1. The Morgan fingerprint density at radius 2 is 2.25 bits per heavy atom. The number of rotatable bonds is 5. The summed E-state index contributed by atoms with van der Waals surface area (Å²) in [4.78, 5) is 0. The Labute approximate surface area is 97.4 Å². The van der Waals surface area contributed by atoms with Crippen molar-refractivity contribution in [2.24, 2.45) is 0 Å². The summed E-state index contributed by atoms with van der Waals surface area (Å²) in [5.74, 6) is -0.185. The van der Waals surface area contributed by atoms with Gasteiger partial charge in [-0.1, -0.05) is 30.7 Å². The van der Waals surface area contributed by atoms with Gasteiger partial charge in [-0.05, 0) is 44.5 Å². The number of hydrogen-bond donors (Lipinski definition) is 1. The van der Waals surface area contributed by atoms with Crippen molar-refractivity contribution in [1.82, 2.24) is 5.32 Å². The molecule has 2 heteroatoms. The van der Waals surface area contributed by atoms with Crippen molar-refractivity contribution in [3.05, 3.63) is 41.2 Å². The van der Waals surface area contributed by atoms with Gasteiger partial charge in [0, 0.05) is 6.04 Å². The fourth-order valence-electron chi connectivity index (χ4n) is 1.51. The molecule has 1 rings (SSSR count). The standard InChI is InChI=1S/C14H20FN/c1-4-8-16-12(3)11(2)9-13-6-5-7-14(15)10-13/h5-7,9-10,12,16H,4,8H2,1-3H3/b11-9+. The molecule has 1 aromatic rings. The summed E-state index contributed by atoms with van der Waals surface area (Å²) in [5, 5.41) is 3.40. The second-order valence-electron chi connectivity index (χ2n) is 4.12. The molecule has 0 saturated carbocycles. The minimum atomic E-state index is -0.185. The lowest BCUT2D eigenvalue weighted by Crippen LogP contribution is -2.27. The summed E-state index contributed by atoms with van der Waals surface area (Å²) in [5.41, 5.74) is 2.14. The molecule has 0 bridgehead atoms. The maximum absolute atomic E-state index is 13.0. The summed E-state index contributed by atoms with van der Waals surface area (Å²) in [6.45, 7) is 7.35. The van der Waals surface area contributed by atoms with E-state index in [1.807, 2.05) is 12.1 Å². The number of benzene rings is 1. The Hall–Kier alpha value is -1.15. The molecule has 0 heterocycles. The van der Waals surface area contributed by atoms with Gasteiger partial charge in [0.1, 0.15) is 5.82 Å². The van der Waals surface area contributed by atoms with Crippen molar-refractivity contribution < 1.29 is 4.39 Å². The third-order valence-corrected chi connectivity index (χ3v) is 2.63. The van der Waals surface area contributed by atoms with Gasteiger partial charge in [-0.15, -0.1) is 0 Å². The predicted molar refractivity (Wildman–Crippen MR) is 67.8 cm³/mol. The topological polar surface area (TPSA) is 12.0 Å². The average molecular weight is 221 g/mol. The van der Waals surface area contributed by atoms with Gasteiger partial charge in [-0.2, -0.15) is 0 Å². The normalized spacial score (nSPS) is 13.9. The van der Waals surface area contributed by atoms with Gasteiger partial charge in [0.2, 0.25) is 0 Å². The maximum Gasteiger partial charge on any atom is 0.123 e. The van der Waals surface area contributed by atoms with E-state index in [2.05, 4.69) is 26.1 Å². The highest BCUT2D eigenvalue weighted by Crippen LogP contribution is 2.11. The van der Waals surface area contributed by atoms with E-state index >= 15 is 0 Å². The van der Waals surface area contributed by atoms with Crippen LogP contribution in [0.4, 0.5) is 4.39 Å². The first-order valence-electron chi connectivity index (χ1n) is 5.80. The van der Waals surface area contributed by atoms with E-state index in [1.165, 1.54) is 11.6 Å². The zero-order valence-electron chi connectivity index (χ0n) is 10.3. The molecule has 0 radical (unpaired) electrons. The molecule has 0 aliphatic rings. The van der Waals surface area contributed by atoms with Crippen LogP contribution in [0.3, 0.4) is 0 Å². The number of hydrogen-bond acceptors (Lipinski definition) is 1. The molecule has 0 fully saturated rings. The van der Waals surface area contributed by atoms with Crippen LogP contribution in [0.5, 0.6) is 0 Å². The molecule has 0 spiro atoms. The zero-order valence-corrected chi connectivity index (χ0v) is 10.3. The fraction of sp³-hybridized carbons (Fsp3) is 0.429. The minimum Gasteiger partial charge on any atom is -0.311 e. The Kier molecular flexibility index (Phi) is 5.20. The molecule has 0 aliphatic carbocycles. The monoisotopic (exact) mass is 221 g/mol. The summed E-state index contributed by atoms with van der Waals surface area (Å²) in [6, 6.07) is 7.00. The maximum atomic E-state index is 13.0. The van der Waals surface area contributed by atoms with Gasteiger partial charge in [-0.25, -0.2) is 4.39 Å². The minimum absolute atomic E-state index is 0.185. The van der Waals surface area contributed by atoms with Gasteiger partial charge in [-0.3, -0.25) is 0 Å². The fourth-order valence-corrected chi connectivity index (χ4v) is 1.51. The summed E-state index contributed by atoms with van der Waals surface area (Å²) >= 11 is 0. The van der Waals surface area contributed by atoms with Crippen molar-refractivity contribution in [1.29, 1.82) is 0 Å². The molecule has 88 valence electrons. The molecule has 16 heavy (non-hydrogen) atoms. The molecular formula is C14H20FN. The summed E-state index contributed by atoms with van der Waals surface area (Å²) in [6.07, 6.45) is 3.15. The highest BCUT2D eigenvalue weighted by atomic mass is 19.1. The third kappa shape index (κ3) is 4.15. The largest absolute Gasteiger partial charge is 0.311 e. The van der Waals surface area contributed by atoms with E-state index in [-0.39, 0.29) is 5.82 Å². The Bertz CT molecular complexity index is 358. The molecule has 1 unspecified atom stereocenters. The van der Waals surface area contributed by atoms with Crippen LogP contribution in [0.1, 0.15) is 32.8 Å². The predicted octanol–water partition coefficient (Wildman–Crippen LogP) is 3.62. The van der Waals surface area contributed by atoms with Crippen LogP contribution < -0.4 is 5.32 Å². The molecule has 0 amide bonds. The second kappa shape index (κ2) is 6.44. The van der Waals surface area contributed by atoms with Crippen LogP contribution in [0.25, 0.3) is 6.08 Å². The highest BCUT2D eigenvalue weighted by molar-refractivity contribution is 5.53.